The van der Waals surface area contributed by atoms with Crippen molar-refractivity contribution in [3.8, 4) is 0 Å². The van der Waals surface area contributed by atoms with Gasteiger partial charge >= 0.3 is 5.97 Å². The molecule has 0 fully saturated rings. The Bertz CT molecular complexity index is 940. The maximum atomic E-state index is 12.7. The van der Waals surface area contributed by atoms with Gasteiger partial charge in [-0.1, -0.05) is 37.1 Å². The van der Waals surface area contributed by atoms with Gasteiger partial charge in [-0.3, -0.25) is 19.4 Å². The lowest BCUT2D eigenvalue weighted by Crippen LogP contribution is -2.29. The van der Waals surface area contributed by atoms with Crippen molar-refractivity contribution in [2.24, 2.45) is 0 Å². The predicted octanol–water partition coefficient (Wildman–Crippen LogP) is 4.61. The van der Waals surface area contributed by atoms with Crippen LogP contribution < -0.4 is 4.90 Å². The number of amides is 1. The number of aromatic nitrogens is 1. The first kappa shape index (κ1) is 22.4. The number of ketones is 1. The number of aliphatic carboxylic acids is 1. The zero-order valence-corrected chi connectivity index (χ0v) is 17.6. The summed E-state index contributed by atoms with van der Waals surface area (Å²) in [6.45, 7) is 0.433. The zero-order valence-electron chi connectivity index (χ0n) is 17.6. The monoisotopic (exact) mass is 420 g/mol. The van der Waals surface area contributed by atoms with Crippen LogP contribution in [0.3, 0.4) is 0 Å². The number of benzene rings is 1. The summed E-state index contributed by atoms with van der Waals surface area (Å²) in [7, 11) is 0. The van der Waals surface area contributed by atoms with Crippen LogP contribution in [0.1, 0.15) is 62.0 Å². The van der Waals surface area contributed by atoms with E-state index in [4.69, 9.17) is 5.11 Å². The number of carboxylic acid groups (broad SMARTS) is 1. The number of para-hydroxylation sites is 1. The molecule has 6 nitrogen and oxygen atoms in total. The van der Waals surface area contributed by atoms with Gasteiger partial charge in [0.1, 0.15) is 0 Å². The van der Waals surface area contributed by atoms with Crippen molar-refractivity contribution in [2.45, 2.75) is 50.9 Å². The van der Waals surface area contributed by atoms with Crippen molar-refractivity contribution >= 4 is 29.4 Å². The van der Waals surface area contributed by atoms with E-state index < -0.39 is 5.97 Å². The maximum absolute atomic E-state index is 12.7. The van der Waals surface area contributed by atoms with Gasteiger partial charge in [-0.25, -0.2) is 0 Å². The molecule has 3 rings (SSSR count). The number of carboxylic acids is 1. The van der Waals surface area contributed by atoms with Gasteiger partial charge < -0.3 is 10.0 Å². The Morgan fingerprint density at radius 2 is 1.81 bits per heavy atom. The molecule has 0 aliphatic carbocycles. The minimum Gasteiger partial charge on any atom is -0.481 e. The second-order valence-corrected chi connectivity index (χ2v) is 7.86. The fraction of sp³-hybridized carbons (Fsp3) is 0.360. The first-order valence-electron chi connectivity index (χ1n) is 10.8. The molecule has 31 heavy (non-hydrogen) atoms. The summed E-state index contributed by atoms with van der Waals surface area (Å²) in [6, 6.07) is 11.3. The van der Waals surface area contributed by atoms with Crippen molar-refractivity contribution in [1.82, 2.24) is 4.98 Å². The van der Waals surface area contributed by atoms with Crippen molar-refractivity contribution in [3.63, 3.8) is 0 Å². The van der Waals surface area contributed by atoms with Gasteiger partial charge in [0.15, 0.2) is 5.78 Å². The van der Waals surface area contributed by atoms with E-state index in [1.165, 1.54) is 0 Å². The molecule has 2 heterocycles. The van der Waals surface area contributed by atoms with Gasteiger partial charge in [-0.15, -0.1) is 0 Å². The molecule has 1 amide bonds. The van der Waals surface area contributed by atoms with Crippen LogP contribution >= 0.6 is 0 Å². The lowest BCUT2D eigenvalue weighted by atomic mass is 9.98. The summed E-state index contributed by atoms with van der Waals surface area (Å²) in [5.74, 6) is -0.865. The summed E-state index contributed by atoms with van der Waals surface area (Å²) in [5, 5.41) is 9.14. The summed E-state index contributed by atoms with van der Waals surface area (Å²) in [4.78, 5) is 41.5. The van der Waals surface area contributed by atoms with Crippen LogP contribution in [0.2, 0.25) is 0 Å². The third-order valence-electron chi connectivity index (χ3n) is 5.50. The van der Waals surface area contributed by atoms with Crippen LogP contribution in [0.5, 0.6) is 0 Å². The number of nitrogens with zero attached hydrogens (tertiary/aromatic N) is 2. The molecule has 0 spiro atoms. The third kappa shape index (κ3) is 6.60. The van der Waals surface area contributed by atoms with E-state index in [2.05, 4.69) is 4.98 Å². The Morgan fingerprint density at radius 3 is 2.55 bits per heavy atom. The molecular formula is C25H28N2O4. The van der Waals surface area contributed by atoms with Crippen LogP contribution in [0.4, 0.5) is 5.69 Å². The predicted molar refractivity (Wildman–Crippen MR) is 120 cm³/mol. The summed E-state index contributed by atoms with van der Waals surface area (Å²) < 4.78 is 0. The lowest BCUT2D eigenvalue weighted by molar-refractivity contribution is -0.137. The Labute approximate surface area is 182 Å². The molecule has 1 N–H and O–H groups in total. The maximum Gasteiger partial charge on any atom is 0.304 e. The van der Waals surface area contributed by atoms with Gasteiger partial charge in [0.05, 0.1) is 6.42 Å². The first-order valence-corrected chi connectivity index (χ1v) is 10.8. The Hall–Kier alpha value is -3.28. The lowest BCUT2D eigenvalue weighted by Gasteiger charge is -2.17. The summed E-state index contributed by atoms with van der Waals surface area (Å²) in [6.07, 6.45) is 11.1. The number of carbonyl (C=O) groups is 3. The van der Waals surface area contributed by atoms with Gasteiger partial charge in [-0.05, 0) is 48.3 Å². The number of pyridine rings is 1. The van der Waals surface area contributed by atoms with Crippen LogP contribution in [-0.4, -0.2) is 34.3 Å². The second kappa shape index (κ2) is 11.2. The molecule has 1 unspecified atom stereocenters. The molecule has 1 atom stereocenters. The standard InChI is InChI=1S/C25H28N2O4/c28-21(14-13-19-8-7-15-26-17-19)9-3-1-2-4-12-24(29)27-18-20(16-25(30)31)22-10-5-6-11-23(22)27/h5-8,10-11,13-15,17,20H,1-4,9,12,16,18H2,(H,30,31)/b14-13+. The van der Waals surface area contributed by atoms with Crippen molar-refractivity contribution < 1.29 is 19.5 Å². The van der Waals surface area contributed by atoms with E-state index >= 15 is 0 Å². The minimum absolute atomic E-state index is 0.0318. The largest absolute Gasteiger partial charge is 0.481 e. The van der Waals surface area contributed by atoms with Crippen molar-refractivity contribution in [1.29, 1.82) is 0 Å². The van der Waals surface area contributed by atoms with E-state index in [-0.39, 0.29) is 24.0 Å². The fourth-order valence-corrected chi connectivity index (χ4v) is 3.93. The highest BCUT2D eigenvalue weighted by atomic mass is 16.4. The number of anilines is 1. The third-order valence-corrected chi connectivity index (χ3v) is 5.50. The van der Waals surface area contributed by atoms with Gasteiger partial charge in [-0.2, -0.15) is 0 Å². The minimum atomic E-state index is -0.848. The number of fused-ring (bicyclic) bond motifs is 1. The number of hydrogen-bond acceptors (Lipinski definition) is 4. The number of carbonyl (C=O) groups excluding carboxylic acids is 2. The van der Waals surface area contributed by atoms with Gasteiger partial charge in [0, 0.05) is 43.4 Å². The molecular weight excluding hydrogens is 392 g/mol. The molecule has 0 radical (unpaired) electrons. The van der Waals surface area contributed by atoms with Crippen molar-refractivity contribution in [3.05, 3.63) is 66.0 Å². The van der Waals surface area contributed by atoms with Crippen molar-refractivity contribution in [2.75, 3.05) is 11.4 Å². The van der Waals surface area contributed by atoms with Gasteiger partial charge in [0.25, 0.3) is 0 Å². The average molecular weight is 421 g/mol. The molecule has 1 aromatic heterocycles. The molecule has 0 saturated heterocycles. The molecule has 162 valence electrons. The highest BCUT2D eigenvalue weighted by molar-refractivity contribution is 5.96. The van der Waals surface area contributed by atoms with E-state index in [0.717, 1.165) is 42.5 Å². The molecule has 1 aliphatic heterocycles. The van der Waals surface area contributed by atoms with E-state index in [0.29, 0.717) is 19.4 Å². The van der Waals surface area contributed by atoms with E-state index in [9.17, 15) is 14.4 Å². The number of unbranched alkanes of at least 4 members (excludes halogenated alkanes) is 3. The summed E-state index contributed by atoms with van der Waals surface area (Å²) >= 11 is 0. The smallest absolute Gasteiger partial charge is 0.304 e. The first-order chi connectivity index (χ1) is 15.0. The number of allylic oxidation sites excluding steroid dienone is 1. The van der Waals surface area contributed by atoms with E-state index in [1.807, 2.05) is 36.4 Å². The Balaban J connectivity index is 1.36. The Kier molecular flexibility index (Phi) is 8.10. The SMILES string of the molecule is O=C(O)CC1CN(C(=O)CCCCCCC(=O)/C=C/c2cccnc2)c2ccccc21. The molecule has 0 bridgehead atoms. The fourth-order valence-electron chi connectivity index (χ4n) is 3.93. The number of hydrogen-bond donors (Lipinski definition) is 1. The topological polar surface area (TPSA) is 87.6 Å². The normalized spacial score (nSPS) is 15.2. The average Bonchev–Trinajstić information content (AvgIpc) is 3.13. The second-order valence-electron chi connectivity index (χ2n) is 7.86. The van der Waals surface area contributed by atoms with Crippen LogP contribution in [0.25, 0.3) is 6.08 Å². The quantitative estimate of drug-likeness (QED) is 0.424. The molecule has 0 saturated carbocycles. The highest BCUT2D eigenvalue weighted by Gasteiger charge is 2.32. The highest BCUT2D eigenvalue weighted by Crippen LogP contribution is 2.38. The van der Waals surface area contributed by atoms with Crippen LogP contribution in [-0.2, 0) is 14.4 Å². The molecule has 2 aromatic rings. The number of rotatable bonds is 11. The van der Waals surface area contributed by atoms with E-state index in [1.54, 1.807) is 29.4 Å². The van der Waals surface area contributed by atoms with Gasteiger partial charge in [0.2, 0.25) is 5.91 Å². The molecule has 6 heteroatoms. The molecule has 1 aromatic carbocycles. The Morgan fingerprint density at radius 1 is 1.03 bits per heavy atom. The van der Waals surface area contributed by atoms with Crippen LogP contribution in [0, 0.1) is 0 Å². The zero-order chi connectivity index (χ0) is 22.1. The van der Waals surface area contributed by atoms with Crippen LogP contribution in [0.15, 0.2) is 54.9 Å². The molecule has 1 aliphatic rings. The summed E-state index contributed by atoms with van der Waals surface area (Å²) in [5.41, 5.74) is 2.68.